The summed E-state index contributed by atoms with van der Waals surface area (Å²) in [4.78, 5) is 28.0. The van der Waals surface area contributed by atoms with E-state index in [2.05, 4.69) is 5.10 Å². The molecule has 0 spiro atoms. The molecular formula is C9H9IN2O3. The molecular weight excluding hydrogens is 311 g/mol. The quantitative estimate of drug-likeness (QED) is 0.617. The highest BCUT2D eigenvalue weighted by Crippen LogP contribution is 2.26. The number of hydrogen-bond donors (Lipinski definition) is 0. The van der Waals surface area contributed by atoms with Crippen molar-refractivity contribution < 1.29 is 14.4 Å². The second-order valence-electron chi connectivity index (χ2n) is 3.42. The Kier molecular flexibility index (Phi) is 3.03. The lowest BCUT2D eigenvalue weighted by Gasteiger charge is -2.22. The van der Waals surface area contributed by atoms with Crippen molar-refractivity contribution in [2.45, 2.75) is 19.3 Å². The summed E-state index contributed by atoms with van der Waals surface area (Å²) in [5.74, 6) is -0.260. The molecule has 80 valence electrons. The second kappa shape index (κ2) is 4.30. The lowest BCUT2D eigenvalue weighted by atomic mass is 9.86. The van der Waals surface area contributed by atoms with Gasteiger partial charge in [-0.3, -0.25) is 4.79 Å². The summed E-state index contributed by atoms with van der Waals surface area (Å²) in [5.41, 5.74) is 0.289. The summed E-state index contributed by atoms with van der Waals surface area (Å²) in [7, 11) is 0. The van der Waals surface area contributed by atoms with E-state index in [0.717, 1.165) is 24.1 Å². The van der Waals surface area contributed by atoms with E-state index in [1.807, 2.05) is 22.6 Å². The third kappa shape index (κ3) is 2.19. The Morgan fingerprint density at radius 2 is 2.40 bits per heavy atom. The van der Waals surface area contributed by atoms with Gasteiger partial charge in [0, 0.05) is 0 Å². The van der Waals surface area contributed by atoms with E-state index >= 15 is 0 Å². The third-order valence-corrected chi connectivity index (χ3v) is 3.24. The van der Waals surface area contributed by atoms with Crippen LogP contribution in [-0.2, 0) is 4.79 Å². The standard InChI is InChI=1S/C9H9IN2O3/c10-7-4-12(11-8(7)5-13)15-9(14)6-2-1-3-6/h4-6H,1-3H2. The van der Waals surface area contributed by atoms with Crippen molar-refractivity contribution >= 4 is 34.8 Å². The molecule has 1 aliphatic carbocycles. The first-order chi connectivity index (χ1) is 7.20. The molecule has 0 amide bonds. The number of aldehydes is 1. The van der Waals surface area contributed by atoms with Gasteiger partial charge in [-0.25, -0.2) is 4.79 Å². The van der Waals surface area contributed by atoms with E-state index in [4.69, 9.17) is 4.84 Å². The summed E-state index contributed by atoms with van der Waals surface area (Å²) in [6.45, 7) is 0. The molecule has 0 bridgehead atoms. The average Bonchev–Trinajstić information content (AvgIpc) is 2.42. The number of aromatic nitrogens is 2. The molecule has 1 aromatic rings. The highest BCUT2D eigenvalue weighted by atomic mass is 127. The van der Waals surface area contributed by atoms with Gasteiger partial charge < -0.3 is 4.84 Å². The van der Waals surface area contributed by atoms with Crippen molar-refractivity contribution in [3.8, 4) is 0 Å². The van der Waals surface area contributed by atoms with Gasteiger partial charge in [-0.1, -0.05) is 11.3 Å². The molecule has 1 aliphatic rings. The van der Waals surface area contributed by atoms with Crippen LogP contribution in [0, 0.1) is 9.49 Å². The third-order valence-electron chi connectivity index (χ3n) is 2.41. The van der Waals surface area contributed by atoms with Crippen LogP contribution in [0.15, 0.2) is 6.20 Å². The largest absolute Gasteiger partial charge is 0.337 e. The van der Waals surface area contributed by atoms with Crippen LogP contribution in [-0.4, -0.2) is 22.2 Å². The van der Waals surface area contributed by atoms with Gasteiger partial charge in [0.2, 0.25) is 0 Å². The zero-order valence-corrected chi connectivity index (χ0v) is 10.0. The minimum absolute atomic E-state index is 0.00606. The maximum atomic E-state index is 11.4. The monoisotopic (exact) mass is 320 g/mol. The van der Waals surface area contributed by atoms with Crippen LogP contribution in [0.2, 0.25) is 0 Å². The van der Waals surface area contributed by atoms with Gasteiger partial charge in [-0.2, -0.15) is 0 Å². The highest BCUT2D eigenvalue weighted by Gasteiger charge is 2.27. The lowest BCUT2D eigenvalue weighted by Crippen LogP contribution is -2.31. The Labute approximate surface area is 99.9 Å². The van der Waals surface area contributed by atoms with Crippen LogP contribution >= 0.6 is 22.6 Å². The molecule has 1 saturated carbocycles. The molecule has 0 aromatic carbocycles. The fraction of sp³-hybridized carbons (Fsp3) is 0.444. The van der Waals surface area contributed by atoms with Gasteiger partial charge in [0.15, 0.2) is 6.29 Å². The van der Waals surface area contributed by atoms with Gasteiger partial charge in [-0.05, 0) is 35.4 Å². The average molecular weight is 320 g/mol. The molecule has 5 nitrogen and oxygen atoms in total. The van der Waals surface area contributed by atoms with Crippen LogP contribution in [0.1, 0.15) is 29.8 Å². The maximum Gasteiger partial charge on any atom is 0.337 e. The molecule has 1 heterocycles. The summed E-state index contributed by atoms with van der Waals surface area (Å²) in [6, 6.07) is 0. The molecule has 1 fully saturated rings. The topological polar surface area (TPSA) is 61.2 Å². The molecule has 0 N–H and O–H groups in total. The number of halogens is 1. The van der Waals surface area contributed by atoms with Gasteiger partial charge in [-0.15, -0.1) is 5.10 Å². The fourth-order valence-corrected chi connectivity index (χ4v) is 1.76. The molecule has 2 rings (SSSR count). The molecule has 1 aromatic heterocycles. The first kappa shape index (κ1) is 10.6. The first-order valence-corrected chi connectivity index (χ1v) is 5.71. The number of carbonyl (C=O) groups excluding carboxylic acids is 2. The number of carbonyl (C=O) groups is 2. The maximum absolute atomic E-state index is 11.4. The Balaban J connectivity index is 2.03. The SMILES string of the molecule is O=Cc1nn(OC(=O)C2CCC2)cc1I. The Morgan fingerprint density at radius 1 is 1.67 bits per heavy atom. The Hall–Kier alpha value is -0.920. The lowest BCUT2D eigenvalue weighted by molar-refractivity contribution is -0.153. The molecule has 15 heavy (non-hydrogen) atoms. The number of nitrogens with zero attached hydrogens (tertiary/aromatic N) is 2. The van der Waals surface area contributed by atoms with Crippen LogP contribution in [0.3, 0.4) is 0 Å². The minimum Gasteiger partial charge on any atom is -0.319 e. The normalized spacial score (nSPS) is 15.8. The zero-order chi connectivity index (χ0) is 10.8. The summed E-state index contributed by atoms with van der Waals surface area (Å²) >= 11 is 1.96. The van der Waals surface area contributed by atoms with Gasteiger partial charge in [0.05, 0.1) is 15.7 Å². The predicted octanol–water partition coefficient (Wildman–Crippen LogP) is 1.06. The molecule has 6 heteroatoms. The predicted molar refractivity (Wildman–Crippen MR) is 59.3 cm³/mol. The second-order valence-corrected chi connectivity index (χ2v) is 4.58. The zero-order valence-electron chi connectivity index (χ0n) is 7.85. The van der Waals surface area contributed by atoms with Gasteiger partial charge in [0.1, 0.15) is 5.69 Å². The van der Waals surface area contributed by atoms with Gasteiger partial charge >= 0.3 is 5.97 Å². The fourth-order valence-electron chi connectivity index (χ4n) is 1.28. The molecule has 0 radical (unpaired) electrons. The van der Waals surface area contributed by atoms with E-state index in [-0.39, 0.29) is 17.6 Å². The van der Waals surface area contributed by atoms with Gasteiger partial charge in [0.25, 0.3) is 0 Å². The van der Waals surface area contributed by atoms with E-state index in [0.29, 0.717) is 9.86 Å². The van der Waals surface area contributed by atoms with E-state index in [9.17, 15) is 9.59 Å². The molecule has 0 unspecified atom stereocenters. The molecule has 0 aliphatic heterocycles. The van der Waals surface area contributed by atoms with Crippen molar-refractivity contribution in [2.75, 3.05) is 0 Å². The van der Waals surface area contributed by atoms with Crippen LogP contribution < -0.4 is 4.84 Å². The summed E-state index contributed by atoms with van der Waals surface area (Å²) in [6.07, 6.45) is 5.00. The highest BCUT2D eigenvalue weighted by molar-refractivity contribution is 14.1. The van der Waals surface area contributed by atoms with Crippen molar-refractivity contribution in [3.63, 3.8) is 0 Å². The Bertz CT molecular complexity index is 398. The van der Waals surface area contributed by atoms with Crippen molar-refractivity contribution in [3.05, 3.63) is 15.5 Å². The van der Waals surface area contributed by atoms with Crippen molar-refractivity contribution in [1.29, 1.82) is 0 Å². The van der Waals surface area contributed by atoms with E-state index in [1.165, 1.54) is 6.20 Å². The van der Waals surface area contributed by atoms with Crippen molar-refractivity contribution in [2.24, 2.45) is 5.92 Å². The number of hydrogen-bond acceptors (Lipinski definition) is 4. The van der Waals surface area contributed by atoms with E-state index in [1.54, 1.807) is 0 Å². The van der Waals surface area contributed by atoms with Crippen LogP contribution in [0.4, 0.5) is 0 Å². The minimum atomic E-state index is -0.266. The van der Waals surface area contributed by atoms with E-state index < -0.39 is 0 Å². The first-order valence-electron chi connectivity index (χ1n) is 4.63. The summed E-state index contributed by atoms with van der Waals surface area (Å²) in [5, 5.41) is 3.81. The van der Waals surface area contributed by atoms with Crippen molar-refractivity contribution in [1.82, 2.24) is 9.94 Å². The van der Waals surface area contributed by atoms with Crippen LogP contribution in [0.5, 0.6) is 0 Å². The Morgan fingerprint density at radius 3 is 2.87 bits per heavy atom. The molecule has 0 saturated heterocycles. The number of rotatable bonds is 3. The molecule has 0 atom stereocenters. The van der Waals surface area contributed by atoms with Crippen LogP contribution in [0.25, 0.3) is 0 Å². The smallest absolute Gasteiger partial charge is 0.319 e. The summed E-state index contributed by atoms with van der Waals surface area (Å²) < 4.78 is 0.670.